The van der Waals surface area contributed by atoms with Crippen molar-refractivity contribution in [2.45, 2.75) is 131 Å². The van der Waals surface area contributed by atoms with E-state index in [4.69, 9.17) is 4.74 Å². The number of carbonyl (C=O) groups excluding carboxylic acids is 1. The molecule has 0 aromatic carbocycles. The van der Waals surface area contributed by atoms with Crippen LogP contribution in [0, 0.1) is 64.1 Å². The Kier molecular flexibility index (Phi) is 9.20. The minimum absolute atomic E-state index is 0.132. The molecule has 4 saturated carbocycles. The highest BCUT2D eigenvalue weighted by Gasteiger charge is 2.64. The molecule has 4 fully saturated rings. The Morgan fingerprint density at radius 1 is 0.921 bits per heavy atom. The average Bonchev–Trinajstić information content (AvgIpc) is 3.20. The molecule has 0 spiro atoms. The van der Waals surface area contributed by atoms with Crippen molar-refractivity contribution >= 4 is 6.09 Å². The summed E-state index contributed by atoms with van der Waals surface area (Å²) in [6.45, 7) is 18.7. The summed E-state index contributed by atoms with van der Waals surface area (Å²) in [5, 5.41) is 25.5. The van der Waals surface area contributed by atoms with E-state index in [1.807, 2.05) is 0 Å². The number of carbonyl (C=O) groups is 1. The summed E-state index contributed by atoms with van der Waals surface area (Å²) in [5.74, 6) is 4.16. The predicted molar refractivity (Wildman–Crippen MR) is 154 cm³/mol. The van der Waals surface area contributed by atoms with Crippen LogP contribution >= 0.6 is 0 Å². The maximum atomic E-state index is 12.5. The maximum Gasteiger partial charge on any atom is 0.407 e. The number of ether oxygens (including phenoxy) is 1. The normalized spacial score (nSPS) is 43.5. The zero-order chi connectivity index (χ0) is 28.0. The molecule has 2 unspecified atom stereocenters. The monoisotopic (exact) mass is 533 g/mol. The minimum atomic E-state index is -0.281. The Bertz CT molecular complexity index is 807. The van der Waals surface area contributed by atoms with Crippen LogP contribution in [0.4, 0.5) is 4.79 Å². The third kappa shape index (κ3) is 5.29. The second-order valence-electron chi connectivity index (χ2n) is 15.2. The van der Waals surface area contributed by atoms with E-state index < -0.39 is 0 Å². The molecule has 0 aromatic rings. The number of hydrogen-bond donors (Lipinski definition) is 3. The van der Waals surface area contributed by atoms with Crippen LogP contribution < -0.4 is 5.32 Å². The minimum Gasteiger partial charge on any atom is -0.450 e. The average molecular weight is 534 g/mol. The summed E-state index contributed by atoms with van der Waals surface area (Å²) in [6, 6.07) is 0.132. The van der Waals surface area contributed by atoms with E-state index in [0.717, 1.165) is 32.1 Å². The first-order valence-electron chi connectivity index (χ1n) is 16.1. The first-order chi connectivity index (χ1) is 17.8. The van der Waals surface area contributed by atoms with Gasteiger partial charge in [-0.05, 0) is 115 Å². The van der Waals surface area contributed by atoms with Gasteiger partial charge in [0.15, 0.2) is 0 Å². The molecule has 5 heteroatoms. The van der Waals surface area contributed by atoms with Crippen molar-refractivity contribution in [3.05, 3.63) is 0 Å². The smallest absolute Gasteiger partial charge is 0.407 e. The van der Waals surface area contributed by atoms with Crippen LogP contribution in [0.1, 0.15) is 113 Å². The maximum absolute atomic E-state index is 12.5. The predicted octanol–water partition coefficient (Wildman–Crippen LogP) is 7.05. The molecule has 0 aliphatic heterocycles. The zero-order valence-electron chi connectivity index (χ0n) is 25.7. The molecule has 38 heavy (non-hydrogen) atoms. The second kappa shape index (κ2) is 11.6. The van der Waals surface area contributed by atoms with E-state index in [9.17, 15) is 15.0 Å². The largest absolute Gasteiger partial charge is 0.450 e. The van der Waals surface area contributed by atoms with Gasteiger partial charge in [-0.1, -0.05) is 61.8 Å². The number of aliphatic hydroxyl groups excluding tert-OH is 2. The van der Waals surface area contributed by atoms with E-state index in [-0.39, 0.29) is 35.2 Å². The molecule has 11 atom stereocenters. The van der Waals surface area contributed by atoms with E-state index >= 15 is 0 Å². The fourth-order valence-electron chi connectivity index (χ4n) is 10.8. The van der Waals surface area contributed by atoms with E-state index in [1.165, 1.54) is 25.7 Å². The van der Waals surface area contributed by atoms with E-state index in [1.54, 1.807) is 0 Å². The molecule has 0 aromatic heterocycles. The number of hydrogen-bond acceptors (Lipinski definition) is 4. The molecule has 4 rings (SSSR count). The van der Waals surface area contributed by atoms with Gasteiger partial charge in [0.25, 0.3) is 0 Å². The topological polar surface area (TPSA) is 78.8 Å². The number of fused-ring (bicyclic) bond motifs is 5. The molecule has 5 nitrogen and oxygen atoms in total. The third-order valence-electron chi connectivity index (χ3n) is 12.7. The summed E-state index contributed by atoms with van der Waals surface area (Å²) in [4.78, 5) is 12.5. The van der Waals surface area contributed by atoms with Gasteiger partial charge in [0.1, 0.15) is 0 Å². The lowest BCUT2D eigenvalue weighted by molar-refractivity contribution is -0.203. The second-order valence-corrected chi connectivity index (χ2v) is 15.2. The van der Waals surface area contributed by atoms with E-state index in [2.05, 4.69) is 60.7 Å². The van der Waals surface area contributed by atoms with Crippen LogP contribution in [0.15, 0.2) is 0 Å². The lowest BCUT2D eigenvalue weighted by Crippen LogP contribution is -2.62. The summed E-state index contributed by atoms with van der Waals surface area (Å²) in [7, 11) is 0. The summed E-state index contributed by atoms with van der Waals surface area (Å²) in [6.07, 6.45) is 9.00. The van der Waals surface area contributed by atoms with Crippen molar-refractivity contribution in [3.8, 4) is 0 Å². The Balaban J connectivity index is 1.41. The van der Waals surface area contributed by atoms with Crippen LogP contribution in [-0.4, -0.2) is 41.2 Å². The number of alkyl carbamates (subject to hydrolysis) is 1. The fourth-order valence-corrected chi connectivity index (χ4v) is 10.8. The Morgan fingerprint density at radius 2 is 1.55 bits per heavy atom. The third-order valence-corrected chi connectivity index (χ3v) is 12.7. The van der Waals surface area contributed by atoms with Crippen molar-refractivity contribution < 1.29 is 19.7 Å². The van der Waals surface area contributed by atoms with Crippen molar-refractivity contribution in [3.63, 3.8) is 0 Å². The number of aliphatic hydroxyl groups is 2. The number of amides is 1. The van der Waals surface area contributed by atoms with Gasteiger partial charge in [0, 0.05) is 6.04 Å². The van der Waals surface area contributed by atoms with Gasteiger partial charge in [-0.3, -0.25) is 0 Å². The summed E-state index contributed by atoms with van der Waals surface area (Å²) < 4.78 is 5.67. The van der Waals surface area contributed by atoms with Crippen LogP contribution in [0.3, 0.4) is 0 Å². The molecule has 0 saturated heterocycles. The fraction of sp³-hybridized carbons (Fsp3) is 0.970. The molecular weight excluding hydrogens is 474 g/mol. The molecule has 0 bridgehead atoms. The zero-order valence-corrected chi connectivity index (χ0v) is 25.7. The van der Waals surface area contributed by atoms with Gasteiger partial charge in [-0.2, -0.15) is 0 Å². The first-order valence-corrected chi connectivity index (χ1v) is 16.1. The van der Waals surface area contributed by atoms with Crippen molar-refractivity contribution in [1.82, 2.24) is 5.32 Å². The highest BCUT2D eigenvalue weighted by molar-refractivity contribution is 5.67. The van der Waals surface area contributed by atoms with Crippen LogP contribution in [0.2, 0.25) is 0 Å². The highest BCUT2D eigenvalue weighted by Crippen LogP contribution is 2.69. The van der Waals surface area contributed by atoms with Gasteiger partial charge < -0.3 is 20.3 Å². The molecule has 1 amide bonds. The van der Waals surface area contributed by atoms with Crippen molar-refractivity contribution in [2.75, 3.05) is 6.61 Å². The molecule has 0 radical (unpaired) electrons. The number of nitrogens with one attached hydrogen (secondary N) is 1. The SMILES string of the molecule is CC[C@@H]1C2C[C@H](O)CC[C@]2(C)[C@H]2CCC3(C)[C@@H]([C@H](C)CCOC(=O)NC(C(C)C)C(C)C)CC[C@H]3[C@@H]2[C@@H]1O. The molecule has 4 aliphatic rings. The molecular formula is C33H59NO4. The Hall–Kier alpha value is -0.810. The van der Waals surface area contributed by atoms with Crippen molar-refractivity contribution in [2.24, 2.45) is 64.1 Å². The van der Waals surface area contributed by atoms with E-state index in [0.29, 0.717) is 59.9 Å². The Morgan fingerprint density at radius 3 is 2.18 bits per heavy atom. The quantitative estimate of drug-likeness (QED) is 0.312. The van der Waals surface area contributed by atoms with Gasteiger partial charge in [0.2, 0.25) is 0 Å². The molecule has 0 heterocycles. The van der Waals surface area contributed by atoms with Crippen LogP contribution in [-0.2, 0) is 4.74 Å². The van der Waals surface area contributed by atoms with Gasteiger partial charge in [-0.25, -0.2) is 4.79 Å². The summed E-state index contributed by atoms with van der Waals surface area (Å²) in [5.41, 5.74) is 0.500. The van der Waals surface area contributed by atoms with Gasteiger partial charge in [0.05, 0.1) is 18.8 Å². The van der Waals surface area contributed by atoms with Crippen molar-refractivity contribution in [1.29, 1.82) is 0 Å². The summed E-state index contributed by atoms with van der Waals surface area (Å²) >= 11 is 0. The standard InChI is InChI=1S/C33H59NO4/c1-9-23-27-18-22(35)12-15-33(27,8)26-13-16-32(7)24(10-11-25(32)28(26)30(23)36)21(6)14-17-38-31(37)34-29(19(2)3)20(4)5/h19-30,35-36H,9-18H2,1-8H3,(H,34,37)/t21-,22-,23-,24-,25+,26+,27?,28+,30-,32?,33-/m1/s1. The highest BCUT2D eigenvalue weighted by atomic mass is 16.5. The lowest BCUT2D eigenvalue weighted by atomic mass is 9.41. The molecule has 220 valence electrons. The van der Waals surface area contributed by atoms with Gasteiger partial charge in [-0.15, -0.1) is 0 Å². The first kappa shape index (κ1) is 30.2. The molecule has 3 N–H and O–H groups in total. The Labute approximate surface area is 233 Å². The van der Waals surface area contributed by atoms with Gasteiger partial charge >= 0.3 is 6.09 Å². The lowest BCUT2D eigenvalue weighted by Gasteiger charge is -2.64. The van der Waals surface area contributed by atoms with Crippen LogP contribution in [0.25, 0.3) is 0 Å². The van der Waals surface area contributed by atoms with Crippen LogP contribution in [0.5, 0.6) is 0 Å². The molecule has 4 aliphatic carbocycles. The number of rotatable bonds is 8.